The van der Waals surface area contributed by atoms with E-state index in [2.05, 4.69) is 15.6 Å². The van der Waals surface area contributed by atoms with Gasteiger partial charge in [-0.2, -0.15) is 5.26 Å². The average Bonchev–Trinajstić information content (AvgIpc) is 3.40. The van der Waals surface area contributed by atoms with Gasteiger partial charge in [-0.15, -0.1) is 0 Å². The number of rotatable bonds is 4. The molecular formula is C20H17FN4O3. The fourth-order valence-electron chi connectivity index (χ4n) is 3.64. The number of carbonyl (C=O) groups excluding carboxylic acids is 2. The number of fused-ring (bicyclic) bond motifs is 3. The minimum absolute atomic E-state index is 0.0241. The predicted molar refractivity (Wildman–Crippen MR) is 98.0 cm³/mol. The van der Waals surface area contributed by atoms with Crippen molar-refractivity contribution < 1.29 is 18.7 Å². The Balaban J connectivity index is 1.49. The molecule has 0 spiro atoms. The number of hydrogen-bond donors (Lipinski definition) is 2. The predicted octanol–water partition coefficient (Wildman–Crippen LogP) is 2.79. The first-order valence-corrected chi connectivity index (χ1v) is 8.87. The fraction of sp³-hybridized carbons (Fsp3) is 0.300. The first-order chi connectivity index (χ1) is 13.5. The zero-order valence-corrected chi connectivity index (χ0v) is 15.0. The molecule has 4 unspecified atom stereocenters. The second kappa shape index (κ2) is 6.93. The molecule has 2 N–H and O–H groups in total. The molecule has 0 saturated heterocycles. The van der Waals surface area contributed by atoms with Gasteiger partial charge in [-0.1, -0.05) is 12.1 Å². The van der Waals surface area contributed by atoms with Crippen molar-refractivity contribution >= 4 is 17.6 Å². The standard InChI is InChI=1S/C20H17FN4O3/c1-10(21)19(26)12-3-2-4-14-16(12)17-13(9-28-14)18(17)25-20(27)24-15-6-5-11(7-22)8-23-15/h2-6,8,10,13,17-18H,9H2,1H3,(H2,23,24,25,27). The summed E-state index contributed by atoms with van der Waals surface area (Å²) in [6.45, 7) is 1.63. The summed E-state index contributed by atoms with van der Waals surface area (Å²) >= 11 is 0. The molecule has 142 valence electrons. The molecule has 8 heteroatoms. The minimum atomic E-state index is -1.61. The number of ketones is 1. The SMILES string of the molecule is CC(F)C(=O)c1cccc2c1C1C(CO2)C1NC(=O)Nc1ccc(C#N)cn1. The number of nitriles is 1. The molecule has 2 heterocycles. The van der Waals surface area contributed by atoms with E-state index in [9.17, 15) is 14.0 Å². The molecule has 1 aromatic heterocycles. The highest BCUT2D eigenvalue weighted by molar-refractivity contribution is 6.01. The van der Waals surface area contributed by atoms with Crippen molar-refractivity contribution in [3.05, 3.63) is 53.2 Å². The van der Waals surface area contributed by atoms with Crippen LogP contribution >= 0.6 is 0 Å². The number of benzene rings is 1. The highest BCUT2D eigenvalue weighted by Gasteiger charge is 2.56. The second-order valence-corrected chi connectivity index (χ2v) is 6.87. The van der Waals surface area contributed by atoms with Gasteiger partial charge in [-0.3, -0.25) is 10.1 Å². The number of pyridine rings is 1. The smallest absolute Gasteiger partial charge is 0.320 e. The van der Waals surface area contributed by atoms with Crippen molar-refractivity contribution in [2.45, 2.75) is 25.1 Å². The van der Waals surface area contributed by atoms with E-state index < -0.39 is 18.0 Å². The molecule has 2 aliphatic rings. The van der Waals surface area contributed by atoms with Crippen molar-refractivity contribution in [3.8, 4) is 11.8 Å². The molecule has 1 saturated carbocycles. The lowest BCUT2D eigenvalue weighted by atomic mass is 9.95. The van der Waals surface area contributed by atoms with Gasteiger partial charge >= 0.3 is 6.03 Å². The van der Waals surface area contributed by atoms with Crippen LogP contribution in [0.15, 0.2) is 36.5 Å². The van der Waals surface area contributed by atoms with Gasteiger partial charge in [0.25, 0.3) is 0 Å². The first-order valence-electron chi connectivity index (χ1n) is 8.87. The van der Waals surface area contributed by atoms with Crippen LogP contribution in [0.1, 0.15) is 34.3 Å². The van der Waals surface area contributed by atoms with Crippen LogP contribution < -0.4 is 15.4 Å². The van der Waals surface area contributed by atoms with Crippen molar-refractivity contribution in [2.75, 3.05) is 11.9 Å². The number of halogens is 1. The quantitative estimate of drug-likeness (QED) is 0.794. The van der Waals surface area contributed by atoms with Crippen LogP contribution in [-0.4, -0.2) is 35.6 Å². The minimum Gasteiger partial charge on any atom is -0.493 e. The molecule has 7 nitrogen and oxygen atoms in total. The maximum absolute atomic E-state index is 13.6. The van der Waals surface area contributed by atoms with Crippen LogP contribution in [0.25, 0.3) is 0 Å². The number of ether oxygens (including phenoxy) is 1. The summed E-state index contributed by atoms with van der Waals surface area (Å²) in [7, 11) is 0. The van der Waals surface area contributed by atoms with E-state index in [0.29, 0.717) is 34.9 Å². The van der Waals surface area contributed by atoms with E-state index in [1.165, 1.54) is 19.2 Å². The zero-order valence-electron chi connectivity index (χ0n) is 15.0. The molecule has 1 fully saturated rings. The Labute approximate surface area is 160 Å². The highest BCUT2D eigenvalue weighted by Crippen LogP contribution is 2.55. The van der Waals surface area contributed by atoms with Crippen LogP contribution in [0.5, 0.6) is 5.75 Å². The Hall–Kier alpha value is -3.47. The van der Waals surface area contributed by atoms with E-state index in [1.807, 2.05) is 6.07 Å². The second-order valence-electron chi connectivity index (χ2n) is 6.87. The van der Waals surface area contributed by atoms with Gasteiger partial charge in [0, 0.05) is 35.2 Å². The van der Waals surface area contributed by atoms with E-state index in [4.69, 9.17) is 10.00 Å². The number of aromatic nitrogens is 1. The third-order valence-electron chi connectivity index (χ3n) is 5.06. The summed E-state index contributed by atoms with van der Waals surface area (Å²) in [5.41, 5.74) is 1.36. The van der Waals surface area contributed by atoms with E-state index >= 15 is 0 Å². The zero-order chi connectivity index (χ0) is 19.8. The van der Waals surface area contributed by atoms with Crippen LogP contribution in [0.4, 0.5) is 15.0 Å². The van der Waals surface area contributed by atoms with Crippen LogP contribution in [0.2, 0.25) is 0 Å². The summed E-state index contributed by atoms with van der Waals surface area (Å²) in [6.07, 6.45) is -0.241. The molecule has 4 rings (SSSR count). The molecule has 1 aliphatic heterocycles. The Bertz CT molecular complexity index is 984. The van der Waals surface area contributed by atoms with Crippen molar-refractivity contribution in [1.29, 1.82) is 5.26 Å². The number of alkyl halides is 1. The molecule has 2 aromatic rings. The Morgan fingerprint density at radius 2 is 2.18 bits per heavy atom. The average molecular weight is 380 g/mol. The largest absolute Gasteiger partial charge is 0.493 e. The van der Waals surface area contributed by atoms with Gasteiger partial charge in [0.2, 0.25) is 0 Å². The van der Waals surface area contributed by atoms with Crippen molar-refractivity contribution in [1.82, 2.24) is 10.3 Å². The number of nitrogens with zero attached hydrogens (tertiary/aromatic N) is 2. The summed E-state index contributed by atoms with van der Waals surface area (Å²) in [5.74, 6) is 0.224. The molecule has 4 atom stereocenters. The monoisotopic (exact) mass is 380 g/mol. The molecule has 0 radical (unpaired) electrons. The normalized spacial score (nSPS) is 22.5. The first kappa shape index (κ1) is 17.9. The van der Waals surface area contributed by atoms with Gasteiger partial charge in [-0.25, -0.2) is 14.2 Å². The Kier molecular flexibility index (Phi) is 4.43. The van der Waals surface area contributed by atoms with Crippen LogP contribution in [0, 0.1) is 17.2 Å². The molecule has 28 heavy (non-hydrogen) atoms. The van der Waals surface area contributed by atoms with Gasteiger partial charge < -0.3 is 10.1 Å². The number of urea groups is 1. The van der Waals surface area contributed by atoms with Gasteiger partial charge in [-0.05, 0) is 25.1 Å². The lowest BCUT2D eigenvalue weighted by Gasteiger charge is -2.19. The number of amides is 2. The summed E-state index contributed by atoms with van der Waals surface area (Å²) in [4.78, 5) is 28.5. The van der Waals surface area contributed by atoms with Gasteiger partial charge in [0.1, 0.15) is 17.6 Å². The lowest BCUT2D eigenvalue weighted by molar-refractivity contribution is 0.0890. The Morgan fingerprint density at radius 3 is 2.86 bits per heavy atom. The number of anilines is 1. The number of hydrogen-bond acceptors (Lipinski definition) is 5. The van der Waals surface area contributed by atoms with E-state index in [-0.39, 0.29) is 17.9 Å². The lowest BCUT2D eigenvalue weighted by Crippen LogP contribution is -2.32. The molecule has 1 aromatic carbocycles. The third-order valence-corrected chi connectivity index (χ3v) is 5.06. The van der Waals surface area contributed by atoms with Gasteiger partial charge in [0.05, 0.1) is 12.2 Å². The van der Waals surface area contributed by atoms with Crippen molar-refractivity contribution in [3.63, 3.8) is 0 Å². The van der Waals surface area contributed by atoms with Crippen molar-refractivity contribution in [2.24, 2.45) is 5.92 Å². The van der Waals surface area contributed by atoms with Crippen LogP contribution in [-0.2, 0) is 0 Å². The maximum atomic E-state index is 13.6. The number of Topliss-reactive ketones (excluding diaryl/α,β-unsaturated/α-hetero) is 1. The molecule has 0 bridgehead atoms. The van der Waals surface area contributed by atoms with E-state index in [1.54, 1.807) is 24.3 Å². The third kappa shape index (κ3) is 3.16. The molecular weight excluding hydrogens is 363 g/mol. The molecule has 2 amide bonds. The van der Waals surface area contributed by atoms with Gasteiger partial charge in [0.15, 0.2) is 12.0 Å². The fourth-order valence-corrected chi connectivity index (χ4v) is 3.64. The topological polar surface area (TPSA) is 104 Å². The highest BCUT2D eigenvalue weighted by atomic mass is 19.1. The summed E-state index contributed by atoms with van der Waals surface area (Å²) in [6, 6.07) is 9.40. The Morgan fingerprint density at radius 1 is 1.36 bits per heavy atom. The summed E-state index contributed by atoms with van der Waals surface area (Å²) < 4.78 is 19.3. The van der Waals surface area contributed by atoms with E-state index in [0.717, 1.165) is 0 Å². The number of nitrogens with one attached hydrogen (secondary N) is 2. The number of carbonyl (C=O) groups is 2. The van der Waals surface area contributed by atoms with Crippen LogP contribution in [0.3, 0.4) is 0 Å². The molecule has 1 aliphatic carbocycles. The maximum Gasteiger partial charge on any atom is 0.320 e. The summed E-state index contributed by atoms with van der Waals surface area (Å²) in [5, 5.41) is 14.3.